The predicted molar refractivity (Wildman–Crippen MR) is 227 cm³/mol. The normalized spacial score (nSPS) is 22.1. The number of carbonyl (C=O) groups is 4. The fraction of sp³-hybridized carbons (Fsp3) is 0.429. The van der Waals surface area contributed by atoms with Crippen molar-refractivity contribution in [2.24, 2.45) is 11.3 Å². The molecule has 0 spiro atoms. The number of amides is 4. The van der Waals surface area contributed by atoms with Gasteiger partial charge in [0.1, 0.15) is 29.5 Å². The highest BCUT2D eigenvalue weighted by molar-refractivity contribution is 7.90. The lowest BCUT2D eigenvalue weighted by molar-refractivity contribution is -0.142. The van der Waals surface area contributed by atoms with Crippen molar-refractivity contribution in [3.05, 3.63) is 87.1 Å². The zero-order chi connectivity index (χ0) is 43.0. The molecule has 5 atom stereocenters. The summed E-state index contributed by atoms with van der Waals surface area (Å²) in [4.78, 5) is 72.3. The minimum Gasteiger partial charge on any atom is -0.497 e. The second-order valence-corrected chi connectivity index (χ2v) is 19.7. The quantitative estimate of drug-likeness (QED) is 0.144. The van der Waals surface area contributed by atoms with Gasteiger partial charge in [-0.2, -0.15) is 27.8 Å². The van der Waals surface area contributed by atoms with Crippen LogP contribution in [-0.4, -0.2) is 84.3 Å². The molecule has 0 unspecified atom stereocenters. The first-order valence-electron chi connectivity index (χ1n) is 19.7. The lowest BCUT2D eigenvalue weighted by Gasteiger charge is -2.35. The van der Waals surface area contributed by atoms with Gasteiger partial charge in [-0.15, -0.1) is 6.58 Å². The average Bonchev–Trinajstić information content (AvgIpc) is 3.90. The monoisotopic (exact) mass is 876 g/mol. The third-order valence-electron chi connectivity index (χ3n) is 11.5. The molecule has 0 radical (unpaired) electrons. The Morgan fingerprint density at radius 2 is 1.68 bits per heavy atom. The number of aromatic nitrogens is 2. The molecule has 4 amide bonds. The van der Waals surface area contributed by atoms with Gasteiger partial charge in [0.2, 0.25) is 11.8 Å². The number of nitrogens with zero attached hydrogens (tertiary/aromatic N) is 3. The molecule has 0 bridgehead atoms. The highest BCUT2D eigenvalue weighted by atomic mass is 32.2. The number of methoxy groups -OCH3 is 1. The predicted octanol–water partition coefficient (Wildman–Crippen LogP) is 5.50. The molecule has 3 aromatic heterocycles. The van der Waals surface area contributed by atoms with E-state index in [2.05, 4.69) is 27.0 Å². The van der Waals surface area contributed by atoms with Gasteiger partial charge in [0.15, 0.2) is 0 Å². The van der Waals surface area contributed by atoms with Crippen molar-refractivity contribution in [3.8, 4) is 28.0 Å². The van der Waals surface area contributed by atoms with Crippen molar-refractivity contribution in [2.45, 2.75) is 94.0 Å². The van der Waals surface area contributed by atoms with Crippen LogP contribution in [0.25, 0.3) is 22.3 Å². The fourth-order valence-electron chi connectivity index (χ4n) is 8.02. The minimum atomic E-state index is -4.38. The van der Waals surface area contributed by atoms with Crippen molar-refractivity contribution in [2.75, 3.05) is 13.7 Å². The number of hydrogen-bond acceptors (Lipinski definition) is 12. The van der Waals surface area contributed by atoms with Crippen LogP contribution >= 0.6 is 22.7 Å². The van der Waals surface area contributed by atoms with E-state index in [1.807, 2.05) is 33.7 Å². The Morgan fingerprint density at radius 1 is 1.02 bits per heavy atom. The molecule has 15 nitrogen and oxygen atoms in total. The molecule has 18 heteroatoms. The Kier molecular flexibility index (Phi) is 12.1. The maximum absolute atomic E-state index is 14.8. The molecule has 1 saturated heterocycles. The van der Waals surface area contributed by atoms with Gasteiger partial charge in [-0.05, 0) is 107 Å². The molecule has 4 aromatic rings. The zero-order valence-corrected chi connectivity index (χ0v) is 36.2. The Labute approximate surface area is 356 Å². The summed E-state index contributed by atoms with van der Waals surface area (Å²) in [6.07, 6.45) is 5.31. The maximum Gasteiger partial charge on any atom is 0.408 e. The Bertz CT molecular complexity index is 2420. The molecule has 7 rings (SSSR count). The zero-order valence-electron chi connectivity index (χ0n) is 33.7. The molecule has 3 N–H and O–H groups in total. The van der Waals surface area contributed by atoms with Crippen LogP contribution in [-0.2, 0) is 29.1 Å². The average molecular weight is 877 g/mol. The summed E-state index contributed by atoms with van der Waals surface area (Å²) >= 11 is 2.92. The molecular weight excluding hydrogens is 829 g/mol. The third-order valence-corrected chi connectivity index (χ3v) is 14.2. The lowest BCUT2D eigenvalue weighted by atomic mass is 9.85. The molecule has 1 aliphatic heterocycles. The van der Waals surface area contributed by atoms with Crippen LogP contribution in [0, 0.1) is 11.3 Å². The molecule has 1 aromatic carbocycles. The number of thiophene rings is 2. The largest absolute Gasteiger partial charge is 0.497 e. The molecule has 318 valence electrons. The summed E-state index contributed by atoms with van der Waals surface area (Å²) in [6.45, 7) is 8.98. The van der Waals surface area contributed by atoms with E-state index in [9.17, 15) is 32.4 Å². The van der Waals surface area contributed by atoms with E-state index in [-0.39, 0.29) is 30.4 Å². The van der Waals surface area contributed by atoms with Gasteiger partial charge in [0.25, 0.3) is 21.5 Å². The smallest absolute Gasteiger partial charge is 0.408 e. The lowest BCUT2D eigenvalue weighted by Crippen LogP contribution is -2.60. The van der Waals surface area contributed by atoms with Gasteiger partial charge in [-0.25, -0.2) is 22.6 Å². The molecule has 2 aliphatic carbocycles. The van der Waals surface area contributed by atoms with Gasteiger partial charge >= 0.3 is 6.09 Å². The van der Waals surface area contributed by atoms with Crippen molar-refractivity contribution in [1.29, 1.82) is 0 Å². The van der Waals surface area contributed by atoms with Gasteiger partial charge < -0.3 is 25.0 Å². The van der Waals surface area contributed by atoms with E-state index >= 15 is 0 Å². The summed E-state index contributed by atoms with van der Waals surface area (Å²) in [6, 6.07) is 5.95. The molecule has 60 heavy (non-hydrogen) atoms. The first kappa shape index (κ1) is 42.8. The molecule has 3 aliphatic rings. The van der Waals surface area contributed by atoms with E-state index in [0.29, 0.717) is 22.4 Å². The van der Waals surface area contributed by atoms with E-state index in [0.717, 1.165) is 31.2 Å². The first-order valence-corrected chi connectivity index (χ1v) is 23.0. The second-order valence-electron chi connectivity index (χ2n) is 16.5. The number of hydrogen-bond donors (Lipinski definition) is 3. The topological polar surface area (TPSA) is 195 Å². The van der Waals surface area contributed by atoms with E-state index in [1.54, 1.807) is 27.0 Å². The molecular formula is C42H48N6O9S3. The number of benzene rings is 1. The number of rotatable bonds is 13. The second kappa shape index (κ2) is 17.0. The van der Waals surface area contributed by atoms with E-state index in [4.69, 9.17) is 9.47 Å². The van der Waals surface area contributed by atoms with Crippen molar-refractivity contribution >= 4 is 56.5 Å². The van der Waals surface area contributed by atoms with E-state index < -0.39 is 74.4 Å². The maximum atomic E-state index is 14.8. The third kappa shape index (κ3) is 8.63. The number of carbonyl (C=O) groups excluding carboxylic acids is 4. The standard InChI is InChI=1S/C42H48N6O9S3/c1-6-27-20-42(27,39(52)46-60(54,55)31-13-11-29(56-5)12-14-31)45-36(49)33-19-28(22-47(33)38(51)35(41(2,3)4)44-40(53)57-30-9-7-8-10-30)48-37(50)34(26-16-18-59-24-26)32(21-43-48)25-15-17-58-23-25/h6,11-18,21,23-24,27-28,30,33,35H,1,7-10,19-20,22H2,2-5H3,(H,44,53)(H,45,49)(H,46,52)/t27-,28-,33+,35-,42-/m1/s1. The van der Waals surface area contributed by atoms with E-state index in [1.165, 1.54) is 69.7 Å². The number of alkyl carbamates (subject to hydrolysis) is 1. The van der Waals surface area contributed by atoms with Crippen molar-refractivity contribution < 1.29 is 37.1 Å². The SMILES string of the molecule is C=C[C@@H]1C[C@]1(NC(=O)[C@@H]1C[C@@H](n2ncc(-c3ccsc3)c(-c3ccsc3)c2=O)CN1C(=O)[C@@H](NC(=O)OC1CCCC1)C(C)(C)C)C(=O)NS(=O)(=O)c1ccc(OC)cc1. The van der Waals surface area contributed by atoms with Crippen LogP contribution in [0.1, 0.15) is 65.3 Å². The minimum absolute atomic E-state index is 0.0462. The summed E-state index contributed by atoms with van der Waals surface area (Å²) in [7, 11) is -2.94. The van der Waals surface area contributed by atoms with Gasteiger partial charge in [0.05, 0.1) is 29.8 Å². The number of ether oxygens (including phenoxy) is 2. The van der Waals surface area contributed by atoms with Crippen LogP contribution < -0.4 is 25.7 Å². The highest BCUT2D eigenvalue weighted by Gasteiger charge is 2.61. The van der Waals surface area contributed by atoms with Crippen LogP contribution in [0.4, 0.5) is 4.79 Å². The van der Waals surface area contributed by atoms with Gasteiger partial charge in [-0.3, -0.25) is 19.2 Å². The van der Waals surface area contributed by atoms with Gasteiger partial charge in [-0.1, -0.05) is 26.8 Å². The Hall–Kier alpha value is -5.33. The first-order chi connectivity index (χ1) is 28.6. The van der Waals surface area contributed by atoms with Crippen molar-refractivity contribution in [1.82, 2.24) is 30.0 Å². The van der Waals surface area contributed by atoms with Gasteiger partial charge in [0, 0.05) is 24.4 Å². The summed E-state index contributed by atoms with van der Waals surface area (Å²) in [5.41, 5.74) is -0.426. The number of nitrogens with one attached hydrogen (secondary N) is 3. The Morgan fingerprint density at radius 3 is 2.27 bits per heavy atom. The molecule has 2 saturated carbocycles. The van der Waals surface area contributed by atoms with Crippen LogP contribution in [0.15, 0.2) is 86.5 Å². The highest BCUT2D eigenvalue weighted by Crippen LogP contribution is 2.45. The molecule has 4 heterocycles. The number of sulfonamides is 1. The summed E-state index contributed by atoms with van der Waals surface area (Å²) in [5.74, 6) is -2.55. The van der Waals surface area contributed by atoms with Crippen LogP contribution in [0.2, 0.25) is 0 Å². The summed E-state index contributed by atoms with van der Waals surface area (Å²) < 4.78 is 40.9. The fourth-order valence-corrected chi connectivity index (χ4v) is 10.4. The molecule has 3 fully saturated rings. The summed E-state index contributed by atoms with van der Waals surface area (Å²) in [5, 5.41) is 17.7. The Balaban J connectivity index is 1.22. The number of likely N-dealkylation sites (tertiary alicyclic amines) is 1. The van der Waals surface area contributed by atoms with Crippen LogP contribution in [0.3, 0.4) is 0 Å². The van der Waals surface area contributed by atoms with Crippen molar-refractivity contribution in [3.63, 3.8) is 0 Å². The van der Waals surface area contributed by atoms with Crippen LogP contribution in [0.5, 0.6) is 5.75 Å².